The number of nitrogens with zero attached hydrogens (tertiary/aromatic N) is 1. The van der Waals surface area contributed by atoms with Crippen LogP contribution in [0, 0.1) is 6.92 Å². The maximum Gasteiger partial charge on any atom is 0.277 e. The Morgan fingerprint density at radius 3 is 2.70 bits per heavy atom. The molecule has 1 heterocycles. The molecule has 2 N–H and O–H groups in total. The number of carbonyl (C=O) groups excluding carboxylic acids is 1. The molecule has 1 amide bonds. The molecule has 5 nitrogen and oxygen atoms in total. The van der Waals surface area contributed by atoms with Crippen molar-refractivity contribution in [3.05, 3.63) is 81.2 Å². The van der Waals surface area contributed by atoms with Gasteiger partial charge in [-0.3, -0.25) is 4.79 Å². The molecule has 0 spiro atoms. The Bertz CT molecular complexity index is 940. The van der Waals surface area contributed by atoms with Gasteiger partial charge in [0.05, 0.1) is 10.7 Å². The van der Waals surface area contributed by atoms with Crippen LogP contribution in [0.4, 0.5) is 5.69 Å². The molecule has 0 saturated heterocycles. The summed E-state index contributed by atoms with van der Waals surface area (Å²) < 4.78 is 4.92. The number of anilines is 1. The molecule has 3 aromatic rings. The van der Waals surface area contributed by atoms with Crippen LogP contribution in [0.3, 0.4) is 0 Å². The van der Waals surface area contributed by atoms with Crippen LogP contribution in [-0.4, -0.2) is 17.6 Å². The second kappa shape index (κ2) is 9.04. The smallest absolute Gasteiger partial charge is 0.277 e. The lowest BCUT2D eigenvalue weighted by molar-refractivity contribution is 0.101. The van der Waals surface area contributed by atoms with E-state index in [0.29, 0.717) is 23.0 Å². The summed E-state index contributed by atoms with van der Waals surface area (Å²) in [6.45, 7) is 3.19. The van der Waals surface area contributed by atoms with Crippen molar-refractivity contribution in [2.75, 3.05) is 11.9 Å². The van der Waals surface area contributed by atoms with Crippen molar-refractivity contribution in [1.82, 2.24) is 10.5 Å². The van der Waals surface area contributed by atoms with Gasteiger partial charge in [0.25, 0.3) is 5.91 Å². The van der Waals surface area contributed by atoms with Crippen molar-refractivity contribution in [1.29, 1.82) is 0 Å². The van der Waals surface area contributed by atoms with E-state index in [1.54, 1.807) is 19.1 Å². The van der Waals surface area contributed by atoms with Crippen molar-refractivity contribution in [3.63, 3.8) is 0 Å². The van der Waals surface area contributed by atoms with Gasteiger partial charge in [0, 0.05) is 17.6 Å². The van der Waals surface area contributed by atoms with E-state index >= 15 is 0 Å². The van der Waals surface area contributed by atoms with Crippen molar-refractivity contribution < 1.29 is 9.32 Å². The highest BCUT2D eigenvalue weighted by Gasteiger charge is 2.13. The van der Waals surface area contributed by atoms with Crippen LogP contribution in [0.25, 0.3) is 0 Å². The van der Waals surface area contributed by atoms with E-state index in [0.717, 1.165) is 23.6 Å². The normalized spacial score (nSPS) is 10.8. The lowest BCUT2D eigenvalue weighted by atomic mass is 10.1. The number of hydrogen-bond donors (Lipinski definition) is 2. The van der Waals surface area contributed by atoms with E-state index in [1.165, 1.54) is 5.56 Å². The van der Waals surface area contributed by atoms with E-state index < -0.39 is 0 Å². The fourth-order valence-corrected chi connectivity index (χ4v) is 2.97. The number of amides is 1. The SMILES string of the molecule is Cc1cc(C(=O)Nc2cc(CNCCc3cccc(Cl)c3)ccc2Cl)no1. The average Bonchev–Trinajstić information content (AvgIpc) is 3.08. The molecule has 0 aliphatic heterocycles. The first kappa shape index (κ1) is 19.4. The Morgan fingerprint density at radius 1 is 1.11 bits per heavy atom. The van der Waals surface area contributed by atoms with E-state index in [1.807, 2.05) is 30.3 Å². The zero-order chi connectivity index (χ0) is 19.2. The fraction of sp³-hybridized carbons (Fsp3) is 0.200. The van der Waals surface area contributed by atoms with E-state index in [9.17, 15) is 4.79 Å². The minimum absolute atomic E-state index is 0.216. The molecular formula is C20H19Cl2N3O2. The van der Waals surface area contributed by atoms with Crippen LogP contribution in [0.1, 0.15) is 27.4 Å². The van der Waals surface area contributed by atoms with Crippen LogP contribution in [0.15, 0.2) is 53.1 Å². The summed E-state index contributed by atoms with van der Waals surface area (Å²) in [4.78, 5) is 12.2. The van der Waals surface area contributed by atoms with Gasteiger partial charge >= 0.3 is 0 Å². The summed E-state index contributed by atoms with van der Waals surface area (Å²) in [5.74, 6) is 0.212. The van der Waals surface area contributed by atoms with Gasteiger partial charge in [0.2, 0.25) is 0 Å². The van der Waals surface area contributed by atoms with Gasteiger partial charge in [-0.15, -0.1) is 0 Å². The zero-order valence-corrected chi connectivity index (χ0v) is 16.3. The van der Waals surface area contributed by atoms with Gasteiger partial charge in [-0.25, -0.2) is 0 Å². The highest BCUT2D eigenvalue weighted by atomic mass is 35.5. The lowest BCUT2D eigenvalue weighted by Crippen LogP contribution is -2.17. The molecule has 0 aliphatic carbocycles. The molecule has 140 valence electrons. The molecule has 2 aromatic carbocycles. The van der Waals surface area contributed by atoms with Gasteiger partial charge in [-0.1, -0.05) is 46.6 Å². The molecule has 3 rings (SSSR count). The fourth-order valence-electron chi connectivity index (χ4n) is 2.60. The second-order valence-corrected chi connectivity index (χ2v) is 6.99. The molecule has 0 bridgehead atoms. The Balaban J connectivity index is 1.55. The Labute approximate surface area is 167 Å². The number of rotatable bonds is 7. The van der Waals surface area contributed by atoms with Gasteiger partial charge in [-0.05, 0) is 55.3 Å². The Hall–Kier alpha value is -2.34. The molecule has 7 heteroatoms. The summed E-state index contributed by atoms with van der Waals surface area (Å²) >= 11 is 12.2. The first-order valence-corrected chi connectivity index (χ1v) is 9.25. The third-order valence-electron chi connectivity index (χ3n) is 3.95. The summed E-state index contributed by atoms with van der Waals surface area (Å²) in [6.07, 6.45) is 0.878. The minimum Gasteiger partial charge on any atom is -0.361 e. The zero-order valence-electron chi connectivity index (χ0n) is 14.8. The molecular weight excluding hydrogens is 385 g/mol. The summed E-state index contributed by atoms with van der Waals surface area (Å²) in [7, 11) is 0. The topological polar surface area (TPSA) is 67.2 Å². The van der Waals surface area contributed by atoms with E-state index in [4.69, 9.17) is 27.7 Å². The molecule has 0 atom stereocenters. The van der Waals surface area contributed by atoms with Crippen LogP contribution in [0.5, 0.6) is 0 Å². The predicted molar refractivity (Wildman–Crippen MR) is 108 cm³/mol. The van der Waals surface area contributed by atoms with E-state index in [-0.39, 0.29) is 11.6 Å². The molecule has 0 radical (unpaired) electrons. The first-order chi connectivity index (χ1) is 13.0. The first-order valence-electron chi connectivity index (χ1n) is 8.49. The number of nitrogens with one attached hydrogen (secondary N) is 2. The van der Waals surface area contributed by atoms with Crippen molar-refractivity contribution in [3.8, 4) is 0 Å². The monoisotopic (exact) mass is 403 g/mol. The Morgan fingerprint density at radius 2 is 1.96 bits per heavy atom. The van der Waals surface area contributed by atoms with Gasteiger partial charge in [-0.2, -0.15) is 0 Å². The molecule has 1 aromatic heterocycles. The van der Waals surface area contributed by atoms with Crippen LogP contribution >= 0.6 is 23.2 Å². The van der Waals surface area contributed by atoms with Crippen molar-refractivity contribution in [2.45, 2.75) is 19.9 Å². The highest BCUT2D eigenvalue weighted by molar-refractivity contribution is 6.34. The molecule has 27 heavy (non-hydrogen) atoms. The number of carbonyl (C=O) groups is 1. The number of hydrogen-bond acceptors (Lipinski definition) is 4. The average molecular weight is 404 g/mol. The van der Waals surface area contributed by atoms with Gasteiger partial charge < -0.3 is 15.2 Å². The van der Waals surface area contributed by atoms with Crippen LogP contribution in [0.2, 0.25) is 10.0 Å². The minimum atomic E-state index is -0.361. The summed E-state index contributed by atoms with van der Waals surface area (Å²) in [5, 5.41) is 11.1. The quantitative estimate of drug-likeness (QED) is 0.551. The highest BCUT2D eigenvalue weighted by Crippen LogP contribution is 2.23. The summed E-state index contributed by atoms with van der Waals surface area (Å²) in [6, 6.07) is 14.9. The van der Waals surface area contributed by atoms with Crippen LogP contribution in [-0.2, 0) is 13.0 Å². The van der Waals surface area contributed by atoms with E-state index in [2.05, 4.69) is 21.9 Å². The number of benzene rings is 2. The lowest BCUT2D eigenvalue weighted by Gasteiger charge is -2.10. The Kier molecular flexibility index (Phi) is 6.50. The third-order valence-corrected chi connectivity index (χ3v) is 4.51. The number of aromatic nitrogens is 1. The molecule has 0 saturated carbocycles. The molecule has 0 fully saturated rings. The largest absolute Gasteiger partial charge is 0.361 e. The molecule has 0 aliphatic rings. The second-order valence-electron chi connectivity index (χ2n) is 6.15. The maximum atomic E-state index is 12.2. The summed E-state index contributed by atoms with van der Waals surface area (Å²) in [5.41, 5.74) is 2.95. The van der Waals surface area contributed by atoms with Crippen LogP contribution < -0.4 is 10.6 Å². The standard InChI is InChI=1S/C20H19Cl2N3O2/c1-13-9-19(25-27-13)20(26)24-18-11-15(5-6-17(18)22)12-23-8-7-14-3-2-4-16(21)10-14/h2-6,9-11,23H,7-8,12H2,1H3,(H,24,26). The van der Waals surface area contributed by atoms with Crippen molar-refractivity contribution in [2.24, 2.45) is 0 Å². The molecule has 0 unspecified atom stereocenters. The van der Waals surface area contributed by atoms with Gasteiger partial charge in [0.1, 0.15) is 5.76 Å². The predicted octanol–water partition coefficient (Wildman–Crippen LogP) is 4.87. The van der Waals surface area contributed by atoms with Crippen molar-refractivity contribution >= 4 is 34.8 Å². The maximum absolute atomic E-state index is 12.2. The number of aryl methyl sites for hydroxylation is 1. The van der Waals surface area contributed by atoms with Gasteiger partial charge in [0.15, 0.2) is 5.69 Å². The number of halogens is 2. The third kappa shape index (κ3) is 5.57.